The molecule has 0 saturated carbocycles. The van der Waals surface area contributed by atoms with Crippen LogP contribution in [0.1, 0.15) is 88.4 Å². The van der Waals surface area contributed by atoms with E-state index in [1.807, 2.05) is 0 Å². The van der Waals surface area contributed by atoms with Gasteiger partial charge in [0.05, 0.1) is 4.90 Å². The molecule has 1 unspecified atom stereocenters. The monoisotopic (exact) mass is 420 g/mol. The van der Waals surface area contributed by atoms with Crippen LogP contribution >= 0.6 is 0 Å². The van der Waals surface area contributed by atoms with Crippen molar-refractivity contribution < 1.29 is 25.9 Å². The number of benzene rings is 1. The second-order valence-corrected chi connectivity index (χ2v) is 9.98. The lowest BCUT2D eigenvalue weighted by atomic mass is 10.0. The van der Waals surface area contributed by atoms with Gasteiger partial charge < -0.3 is 0 Å². The van der Waals surface area contributed by atoms with Gasteiger partial charge in [0, 0.05) is 0 Å². The maximum absolute atomic E-state index is 11.8. The van der Waals surface area contributed by atoms with Crippen LogP contribution in [0.3, 0.4) is 0 Å². The summed E-state index contributed by atoms with van der Waals surface area (Å²) >= 11 is 0. The summed E-state index contributed by atoms with van der Waals surface area (Å²) in [6, 6.07) is 5.34. The van der Waals surface area contributed by atoms with E-state index in [0.29, 0.717) is 6.42 Å². The molecule has 0 spiro atoms. The lowest BCUT2D eigenvalue weighted by Gasteiger charge is -2.16. The molecule has 1 aromatic rings. The van der Waals surface area contributed by atoms with Crippen molar-refractivity contribution in [3.05, 3.63) is 29.8 Å². The van der Waals surface area contributed by atoms with Crippen molar-refractivity contribution in [2.45, 2.75) is 87.7 Å². The third-order valence-corrected chi connectivity index (χ3v) is 6.86. The normalized spacial score (nSPS) is 13.6. The average Bonchev–Trinajstić information content (AvgIpc) is 2.58. The first kappa shape index (κ1) is 24.1. The molecule has 156 valence electrons. The Bertz CT molecular complexity index is 756. The molecule has 2 N–H and O–H groups in total. The van der Waals surface area contributed by atoms with Crippen LogP contribution in [0.15, 0.2) is 29.2 Å². The highest BCUT2D eigenvalue weighted by Crippen LogP contribution is 2.32. The second-order valence-electron chi connectivity index (χ2n) is 6.99. The van der Waals surface area contributed by atoms with Crippen molar-refractivity contribution in [3.8, 4) is 0 Å². The maximum Gasteiger partial charge on any atom is 0.294 e. The van der Waals surface area contributed by atoms with Gasteiger partial charge in [0.25, 0.3) is 20.2 Å². The first-order chi connectivity index (χ1) is 12.7. The largest absolute Gasteiger partial charge is 0.294 e. The molecule has 0 aliphatic heterocycles. The minimum atomic E-state index is -4.57. The highest BCUT2D eigenvalue weighted by Gasteiger charge is 2.30. The van der Waals surface area contributed by atoms with Gasteiger partial charge in [-0.05, 0) is 18.1 Å². The Hall–Kier alpha value is -0.960. The van der Waals surface area contributed by atoms with E-state index < -0.39 is 30.4 Å². The Labute approximate surface area is 163 Å². The molecule has 27 heavy (non-hydrogen) atoms. The van der Waals surface area contributed by atoms with Gasteiger partial charge in [-0.1, -0.05) is 89.3 Å². The average molecular weight is 421 g/mol. The van der Waals surface area contributed by atoms with Gasteiger partial charge in [-0.15, -0.1) is 0 Å². The van der Waals surface area contributed by atoms with Crippen LogP contribution in [0.5, 0.6) is 0 Å². The van der Waals surface area contributed by atoms with Crippen LogP contribution in [-0.4, -0.2) is 25.9 Å². The summed E-state index contributed by atoms with van der Waals surface area (Å²) in [5, 5.41) is -1.36. The van der Waals surface area contributed by atoms with E-state index in [-0.39, 0.29) is 12.0 Å². The molecule has 1 aromatic carbocycles. The Morgan fingerprint density at radius 1 is 0.778 bits per heavy atom. The number of hydrogen-bond acceptors (Lipinski definition) is 4. The molecular formula is C19H32O6S2. The summed E-state index contributed by atoms with van der Waals surface area (Å²) < 4.78 is 65.5. The summed E-state index contributed by atoms with van der Waals surface area (Å²) in [5.41, 5.74) is -0.0848. The fourth-order valence-electron chi connectivity index (χ4n) is 3.26. The molecule has 1 atom stereocenters. The summed E-state index contributed by atoms with van der Waals surface area (Å²) in [4.78, 5) is -0.472. The van der Waals surface area contributed by atoms with Gasteiger partial charge in [-0.3, -0.25) is 9.11 Å². The maximum atomic E-state index is 11.8. The Morgan fingerprint density at radius 3 is 1.74 bits per heavy atom. The molecule has 0 bridgehead atoms. The van der Waals surface area contributed by atoms with Crippen molar-refractivity contribution in [2.75, 3.05) is 0 Å². The third-order valence-electron chi connectivity index (χ3n) is 4.72. The molecule has 1 rings (SSSR count). The first-order valence-corrected chi connectivity index (χ1v) is 12.6. The molecule has 8 heteroatoms. The molecule has 0 aromatic heterocycles. The molecule has 0 heterocycles. The fraction of sp³-hybridized carbons (Fsp3) is 0.684. The quantitative estimate of drug-likeness (QED) is 0.317. The lowest BCUT2D eigenvalue weighted by Crippen LogP contribution is -2.16. The van der Waals surface area contributed by atoms with E-state index in [0.717, 1.165) is 31.7 Å². The lowest BCUT2D eigenvalue weighted by molar-refractivity contribution is 0.455. The highest BCUT2D eigenvalue weighted by atomic mass is 32.2. The fourth-order valence-corrected chi connectivity index (χ4v) is 5.09. The molecule has 0 aliphatic carbocycles. The van der Waals surface area contributed by atoms with Crippen molar-refractivity contribution in [1.29, 1.82) is 0 Å². The van der Waals surface area contributed by atoms with Crippen LogP contribution in [0.25, 0.3) is 0 Å². The zero-order valence-electron chi connectivity index (χ0n) is 16.0. The number of unbranched alkanes of at least 4 members (excludes halogenated alkanes) is 9. The zero-order chi connectivity index (χ0) is 20.3. The topological polar surface area (TPSA) is 109 Å². The molecule has 0 aliphatic rings. The van der Waals surface area contributed by atoms with Crippen LogP contribution < -0.4 is 0 Å². The van der Waals surface area contributed by atoms with E-state index in [1.165, 1.54) is 50.3 Å². The Morgan fingerprint density at radius 2 is 1.26 bits per heavy atom. The van der Waals surface area contributed by atoms with E-state index in [4.69, 9.17) is 0 Å². The minimum Gasteiger partial charge on any atom is -0.285 e. The van der Waals surface area contributed by atoms with Gasteiger partial charge in [0.1, 0.15) is 5.25 Å². The molecule has 0 saturated heterocycles. The molecule has 6 nitrogen and oxygen atoms in total. The van der Waals surface area contributed by atoms with E-state index in [9.17, 15) is 25.9 Å². The summed E-state index contributed by atoms with van der Waals surface area (Å²) in [6.45, 7) is 2.19. The number of hydrogen-bond donors (Lipinski definition) is 2. The predicted molar refractivity (Wildman–Crippen MR) is 107 cm³/mol. The first-order valence-electron chi connectivity index (χ1n) is 9.70. The van der Waals surface area contributed by atoms with E-state index >= 15 is 0 Å². The SMILES string of the molecule is CCCCCCCCCCCCC(c1ccccc1S(=O)(=O)O)S(=O)(=O)O. The van der Waals surface area contributed by atoms with Gasteiger partial charge in [0.2, 0.25) is 0 Å². The van der Waals surface area contributed by atoms with Crippen LogP contribution in [0, 0.1) is 0 Å². The highest BCUT2D eigenvalue weighted by molar-refractivity contribution is 7.87. The summed E-state index contributed by atoms with van der Waals surface area (Å²) in [6.07, 6.45) is 11.0. The summed E-state index contributed by atoms with van der Waals surface area (Å²) in [5.74, 6) is 0. The van der Waals surface area contributed by atoms with E-state index in [1.54, 1.807) is 0 Å². The van der Waals surface area contributed by atoms with Crippen LogP contribution in [0.2, 0.25) is 0 Å². The van der Waals surface area contributed by atoms with Crippen molar-refractivity contribution in [1.82, 2.24) is 0 Å². The van der Waals surface area contributed by atoms with Crippen LogP contribution in [0.4, 0.5) is 0 Å². The van der Waals surface area contributed by atoms with Gasteiger partial charge >= 0.3 is 0 Å². The van der Waals surface area contributed by atoms with Crippen LogP contribution in [-0.2, 0) is 20.2 Å². The molecule has 0 amide bonds. The molecular weight excluding hydrogens is 388 g/mol. The predicted octanol–water partition coefficient (Wildman–Crippen LogP) is 5.17. The molecule has 0 radical (unpaired) electrons. The molecule has 0 fully saturated rings. The van der Waals surface area contributed by atoms with Crippen molar-refractivity contribution in [2.24, 2.45) is 0 Å². The Balaban J connectivity index is 2.55. The van der Waals surface area contributed by atoms with Gasteiger partial charge in [-0.2, -0.15) is 16.8 Å². The second kappa shape index (κ2) is 11.8. The summed E-state index contributed by atoms with van der Waals surface area (Å²) in [7, 11) is -9.05. The van der Waals surface area contributed by atoms with Crippen molar-refractivity contribution >= 4 is 20.2 Å². The van der Waals surface area contributed by atoms with Crippen molar-refractivity contribution in [3.63, 3.8) is 0 Å². The zero-order valence-corrected chi connectivity index (χ0v) is 17.6. The number of rotatable bonds is 14. The smallest absolute Gasteiger partial charge is 0.285 e. The minimum absolute atomic E-state index is 0.0848. The third kappa shape index (κ3) is 9.19. The van der Waals surface area contributed by atoms with E-state index in [2.05, 4.69) is 6.92 Å². The Kier molecular flexibility index (Phi) is 10.5. The van der Waals surface area contributed by atoms with Gasteiger partial charge in [-0.25, -0.2) is 0 Å². The standard InChI is InChI=1S/C19H32O6S2/c1-2-3-4-5-6-7-8-9-10-11-15-18(26(20,21)22)17-14-12-13-16-19(17)27(23,24)25/h12-14,16,18H,2-11,15H2,1H3,(H,20,21,22)(H,23,24,25). The van der Waals surface area contributed by atoms with Gasteiger partial charge in [0.15, 0.2) is 0 Å².